The molecule has 1 fully saturated rings. The Bertz CT molecular complexity index is 308. The molecule has 0 heterocycles. The molecule has 0 saturated heterocycles. The van der Waals surface area contributed by atoms with Gasteiger partial charge in [0.15, 0.2) is 0 Å². The SMILES string of the molecule is CCOC(=O)C1(C)CC[C@](C)(C(=O)OCC)C1O. The fraction of sp³-hybridized carbons (Fsp3) is 0.846. The smallest absolute Gasteiger partial charge is 0.314 e. The second kappa shape index (κ2) is 5.26. The van der Waals surface area contributed by atoms with E-state index >= 15 is 0 Å². The first-order valence-electron chi connectivity index (χ1n) is 6.35. The summed E-state index contributed by atoms with van der Waals surface area (Å²) in [5, 5.41) is 10.4. The van der Waals surface area contributed by atoms with E-state index in [1.54, 1.807) is 27.7 Å². The lowest BCUT2D eigenvalue weighted by atomic mass is 9.78. The van der Waals surface area contributed by atoms with Crippen molar-refractivity contribution in [1.82, 2.24) is 0 Å². The second-order valence-electron chi connectivity index (χ2n) is 5.18. The maximum atomic E-state index is 11.9. The summed E-state index contributed by atoms with van der Waals surface area (Å²) in [7, 11) is 0. The fourth-order valence-electron chi connectivity index (χ4n) is 2.52. The molecular formula is C13H22O5. The van der Waals surface area contributed by atoms with Crippen molar-refractivity contribution < 1.29 is 24.2 Å². The quantitative estimate of drug-likeness (QED) is 0.769. The molecule has 0 spiro atoms. The molecule has 0 amide bonds. The third-order valence-electron chi connectivity index (χ3n) is 3.85. The zero-order chi connectivity index (χ0) is 14.0. The number of rotatable bonds is 4. The molecular weight excluding hydrogens is 236 g/mol. The Balaban J connectivity index is 2.92. The van der Waals surface area contributed by atoms with Gasteiger partial charge in [-0.1, -0.05) is 0 Å². The molecule has 1 aliphatic carbocycles. The minimum Gasteiger partial charge on any atom is -0.465 e. The minimum absolute atomic E-state index is 0.261. The van der Waals surface area contributed by atoms with E-state index in [-0.39, 0.29) is 13.2 Å². The lowest BCUT2D eigenvalue weighted by Gasteiger charge is -2.32. The molecule has 0 aromatic rings. The predicted molar refractivity (Wildman–Crippen MR) is 64.7 cm³/mol. The van der Waals surface area contributed by atoms with Crippen LogP contribution in [0.3, 0.4) is 0 Å². The molecule has 2 unspecified atom stereocenters. The number of carbonyl (C=O) groups is 2. The van der Waals surface area contributed by atoms with E-state index in [4.69, 9.17) is 9.47 Å². The summed E-state index contributed by atoms with van der Waals surface area (Å²) in [5.74, 6) is -0.906. The molecule has 0 aliphatic heterocycles. The first-order chi connectivity index (χ1) is 8.32. The zero-order valence-electron chi connectivity index (χ0n) is 11.5. The van der Waals surface area contributed by atoms with Crippen LogP contribution < -0.4 is 0 Å². The number of hydrogen-bond acceptors (Lipinski definition) is 5. The second-order valence-corrected chi connectivity index (χ2v) is 5.18. The minimum atomic E-state index is -1.08. The van der Waals surface area contributed by atoms with Crippen LogP contribution in [0.2, 0.25) is 0 Å². The maximum Gasteiger partial charge on any atom is 0.314 e. The number of aliphatic hydroxyl groups is 1. The number of esters is 2. The number of hydrogen-bond donors (Lipinski definition) is 1. The average Bonchev–Trinajstić information content (AvgIpc) is 2.57. The molecule has 5 heteroatoms. The van der Waals surface area contributed by atoms with Crippen molar-refractivity contribution in [2.24, 2.45) is 10.8 Å². The predicted octanol–water partition coefficient (Wildman–Crippen LogP) is 1.28. The lowest BCUT2D eigenvalue weighted by Crippen LogP contribution is -2.46. The van der Waals surface area contributed by atoms with Crippen molar-refractivity contribution in [3.63, 3.8) is 0 Å². The van der Waals surface area contributed by atoms with Gasteiger partial charge < -0.3 is 14.6 Å². The van der Waals surface area contributed by atoms with E-state index in [2.05, 4.69) is 0 Å². The largest absolute Gasteiger partial charge is 0.465 e. The van der Waals surface area contributed by atoms with Crippen molar-refractivity contribution in [3.05, 3.63) is 0 Å². The highest BCUT2D eigenvalue weighted by molar-refractivity contribution is 5.83. The molecule has 18 heavy (non-hydrogen) atoms. The topological polar surface area (TPSA) is 72.8 Å². The van der Waals surface area contributed by atoms with Crippen LogP contribution in [0.4, 0.5) is 0 Å². The number of carbonyl (C=O) groups excluding carboxylic acids is 2. The van der Waals surface area contributed by atoms with Crippen LogP contribution in [-0.4, -0.2) is 36.4 Å². The van der Waals surface area contributed by atoms with Crippen LogP contribution in [0.15, 0.2) is 0 Å². The molecule has 1 N–H and O–H groups in total. The first-order valence-corrected chi connectivity index (χ1v) is 6.35. The average molecular weight is 258 g/mol. The van der Waals surface area contributed by atoms with Crippen LogP contribution in [0.1, 0.15) is 40.5 Å². The Morgan fingerprint density at radius 1 is 1.06 bits per heavy atom. The van der Waals surface area contributed by atoms with Crippen molar-refractivity contribution in [1.29, 1.82) is 0 Å². The molecule has 1 saturated carbocycles. The summed E-state index contributed by atoms with van der Waals surface area (Å²) < 4.78 is 9.96. The molecule has 0 radical (unpaired) electrons. The summed E-state index contributed by atoms with van der Waals surface area (Å²) in [5.41, 5.74) is -2.06. The molecule has 104 valence electrons. The Labute approximate surface area is 107 Å². The normalized spacial score (nSPS) is 35.3. The van der Waals surface area contributed by atoms with Crippen LogP contribution in [-0.2, 0) is 19.1 Å². The summed E-state index contributed by atoms with van der Waals surface area (Å²) in [6.45, 7) is 7.23. The van der Waals surface area contributed by atoms with Gasteiger partial charge in [0.25, 0.3) is 0 Å². The third-order valence-corrected chi connectivity index (χ3v) is 3.85. The summed E-state index contributed by atoms with van der Waals surface area (Å²) >= 11 is 0. The standard InChI is InChI=1S/C13H22O5/c1-5-17-10(15)12(3)7-8-13(4,9(12)14)11(16)18-6-2/h9,14H,5-8H2,1-4H3/t9?,12-,13?/m0/s1. The summed E-state index contributed by atoms with van der Waals surface area (Å²) in [4.78, 5) is 23.8. The molecule has 1 rings (SSSR count). The van der Waals surface area contributed by atoms with E-state index in [0.717, 1.165) is 0 Å². The first kappa shape index (κ1) is 15.0. The van der Waals surface area contributed by atoms with Crippen LogP contribution in [0.25, 0.3) is 0 Å². The van der Waals surface area contributed by atoms with Gasteiger partial charge in [0.1, 0.15) is 0 Å². The van der Waals surface area contributed by atoms with E-state index < -0.39 is 28.9 Å². The van der Waals surface area contributed by atoms with Crippen LogP contribution >= 0.6 is 0 Å². The highest BCUT2D eigenvalue weighted by atomic mass is 16.5. The Kier molecular flexibility index (Phi) is 4.37. The monoisotopic (exact) mass is 258 g/mol. The lowest BCUT2D eigenvalue weighted by molar-refractivity contribution is -0.170. The Morgan fingerprint density at radius 3 is 1.67 bits per heavy atom. The van der Waals surface area contributed by atoms with Crippen molar-refractivity contribution in [2.75, 3.05) is 13.2 Å². The highest BCUT2D eigenvalue weighted by Crippen LogP contribution is 2.50. The van der Waals surface area contributed by atoms with E-state index in [1.165, 1.54) is 0 Å². The number of aliphatic hydroxyl groups excluding tert-OH is 1. The van der Waals surface area contributed by atoms with Gasteiger partial charge in [-0.25, -0.2) is 0 Å². The fourth-order valence-corrected chi connectivity index (χ4v) is 2.52. The maximum absolute atomic E-state index is 11.9. The summed E-state index contributed by atoms with van der Waals surface area (Å²) in [6.07, 6.45) is -0.243. The van der Waals surface area contributed by atoms with Gasteiger partial charge in [0.05, 0.1) is 30.1 Å². The van der Waals surface area contributed by atoms with Crippen molar-refractivity contribution in [3.8, 4) is 0 Å². The molecule has 5 nitrogen and oxygen atoms in total. The molecule has 0 bridgehead atoms. The van der Waals surface area contributed by atoms with Crippen molar-refractivity contribution >= 4 is 11.9 Å². The van der Waals surface area contributed by atoms with Gasteiger partial charge in [0.2, 0.25) is 0 Å². The zero-order valence-corrected chi connectivity index (χ0v) is 11.5. The van der Waals surface area contributed by atoms with E-state index in [0.29, 0.717) is 12.8 Å². The van der Waals surface area contributed by atoms with E-state index in [9.17, 15) is 14.7 Å². The van der Waals surface area contributed by atoms with Gasteiger partial charge >= 0.3 is 11.9 Å². The third kappa shape index (κ3) is 2.23. The number of ether oxygens (including phenoxy) is 2. The highest BCUT2D eigenvalue weighted by Gasteiger charge is 2.60. The van der Waals surface area contributed by atoms with Crippen LogP contribution in [0.5, 0.6) is 0 Å². The summed E-state index contributed by atoms with van der Waals surface area (Å²) in [6, 6.07) is 0. The van der Waals surface area contributed by atoms with Crippen molar-refractivity contribution in [2.45, 2.75) is 46.6 Å². The van der Waals surface area contributed by atoms with Gasteiger partial charge in [-0.2, -0.15) is 0 Å². The van der Waals surface area contributed by atoms with Gasteiger partial charge in [0, 0.05) is 0 Å². The molecule has 0 aromatic carbocycles. The van der Waals surface area contributed by atoms with Gasteiger partial charge in [-0.3, -0.25) is 9.59 Å². The van der Waals surface area contributed by atoms with E-state index in [1.807, 2.05) is 0 Å². The van der Waals surface area contributed by atoms with Gasteiger partial charge in [-0.15, -0.1) is 0 Å². The van der Waals surface area contributed by atoms with Crippen LogP contribution in [0, 0.1) is 10.8 Å². The Morgan fingerprint density at radius 2 is 1.39 bits per heavy atom. The molecule has 3 atom stereocenters. The van der Waals surface area contributed by atoms with Gasteiger partial charge in [-0.05, 0) is 40.5 Å². The molecule has 1 aliphatic rings. The Hall–Kier alpha value is -1.10. The molecule has 0 aromatic heterocycles.